The van der Waals surface area contributed by atoms with Crippen molar-refractivity contribution >= 4 is 5.91 Å². The maximum atomic E-state index is 12.6. The highest BCUT2D eigenvalue weighted by Gasteiger charge is 2.20. The molecule has 0 spiro atoms. The number of hydrogen-bond acceptors (Lipinski definition) is 3. The van der Waals surface area contributed by atoms with E-state index in [1.54, 1.807) is 0 Å². The van der Waals surface area contributed by atoms with Gasteiger partial charge in [-0.15, -0.1) is 0 Å². The highest BCUT2D eigenvalue weighted by Crippen LogP contribution is 2.20. The van der Waals surface area contributed by atoms with Crippen molar-refractivity contribution in [2.75, 3.05) is 6.61 Å². The minimum atomic E-state index is -0.661. The summed E-state index contributed by atoms with van der Waals surface area (Å²) < 4.78 is 0. The van der Waals surface area contributed by atoms with Crippen LogP contribution in [-0.4, -0.2) is 34.9 Å². The number of allylic oxidation sites excluding steroid dienone is 6. The second kappa shape index (κ2) is 69.9. The van der Waals surface area contributed by atoms with Crippen molar-refractivity contribution in [2.45, 2.75) is 424 Å². The van der Waals surface area contributed by atoms with E-state index in [9.17, 15) is 15.0 Å². The fraction of sp³-hybridized carbons (Fsp3) is 0.905. The van der Waals surface area contributed by atoms with Crippen molar-refractivity contribution in [2.24, 2.45) is 0 Å². The molecule has 0 aliphatic carbocycles. The van der Waals surface area contributed by atoms with Crippen LogP contribution in [0.25, 0.3) is 0 Å². The molecular formula is C74H143NO3. The van der Waals surface area contributed by atoms with Gasteiger partial charge in [0, 0.05) is 6.42 Å². The van der Waals surface area contributed by atoms with Crippen LogP contribution in [0.1, 0.15) is 412 Å². The molecule has 1 amide bonds. The second-order valence-corrected chi connectivity index (χ2v) is 25.0. The fourth-order valence-corrected chi connectivity index (χ4v) is 11.7. The number of amides is 1. The first kappa shape index (κ1) is 76.6. The maximum Gasteiger partial charge on any atom is 0.220 e. The van der Waals surface area contributed by atoms with Crippen LogP contribution >= 0.6 is 0 Å². The van der Waals surface area contributed by atoms with E-state index in [-0.39, 0.29) is 12.5 Å². The van der Waals surface area contributed by atoms with Gasteiger partial charge < -0.3 is 15.5 Å². The zero-order chi connectivity index (χ0) is 56.2. The van der Waals surface area contributed by atoms with Crippen LogP contribution in [0.4, 0.5) is 0 Å². The number of nitrogens with one attached hydrogen (secondary N) is 1. The largest absolute Gasteiger partial charge is 0.394 e. The second-order valence-electron chi connectivity index (χ2n) is 25.0. The Balaban J connectivity index is 3.39. The lowest BCUT2D eigenvalue weighted by Gasteiger charge is -2.22. The molecule has 0 aromatic heterocycles. The van der Waals surface area contributed by atoms with Crippen molar-refractivity contribution in [1.29, 1.82) is 0 Å². The number of carbonyl (C=O) groups is 1. The zero-order valence-corrected chi connectivity index (χ0v) is 53.5. The number of aliphatic hydroxyl groups excluding tert-OH is 2. The first-order valence-electron chi connectivity index (χ1n) is 36.2. The lowest BCUT2D eigenvalue weighted by atomic mass is 10.0. The van der Waals surface area contributed by atoms with Crippen LogP contribution in [0.5, 0.6) is 0 Å². The third kappa shape index (κ3) is 65.4. The van der Waals surface area contributed by atoms with E-state index < -0.39 is 12.1 Å². The predicted octanol–water partition coefficient (Wildman–Crippen LogP) is 24.7. The van der Waals surface area contributed by atoms with Gasteiger partial charge >= 0.3 is 0 Å². The lowest BCUT2D eigenvalue weighted by molar-refractivity contribution is -0.123. The van der Waals surface area contributed by atoms with Crippen LogP contribution in [0.2, 0.25) is 0 Å². The van der Waals surface area contributed by atoms with E-state index in [0.717, 1.165) is 38.5 Å². The summed E-state index contributed by atoms with van der Waals surface area (Å²) in [6.07, 6.45) is 96.4. The number of rotatable bonds is 68. The van der Waals surface area contributed by atoms with E-state index in [4.69, 9.17) is 0 Å². The van der Waals surface area contributed by atoms with Gasteiger partial charge in [-0.05, 0) is 51.4 Å². The Hall–Kier alpha value is -1.39. The molecule has 78 heavy (non-hydrogen) atoms. The Morgan fingerprint density at radius 2 is 0.526 bits per heavy atom. The number of hydrogen-bond donors (Lipinski definition) is 3. The van der Waals surface area contributed by atoms with Crippen LogP contribution in [0, 0.1) is 0 Å². The van der Waals surface area contributed by atoms with Crippen molar-refractivity contribution in [1.82, 2.24) is 5.32 Å². The topological polar surface area (TPSA) is 69.6 Å². The van der Waals surface area contributed by atoms with Gasteiger partial charge in [0.2, 0.25) is 5.91 Å². The maximum absolute atomic E-state index is 12.6. The first-order valence-corrected chi connectivity index (χ1v) is 36.2. The van der Waals surface area contributed by atoms with E-state index in [2.05, 4.69) is 55.6 Å². The van der Waals surface area contributed by atoms with Crippen molar-refractivity contribution in [3.05, 3.63) is 36.5 Å². The van der Waals surface area contributed by atoms with Gasteiger partial charge in [0.15, 0.2) is 0 Å². The van der Waals surface area contributed by atoms with Gasteiger partial charge in [-0.2, -0.15) is 0 Å². The van der Waals surface area contributed by atoms with Crippen molar-refractivity contribution in [3.8, 4) is 0 Å². The molecule has 4 nitrogen and oxygen atoms in total. The summed E-state index contributed by atoms with van der Waals surface area (Å²) in [7, 11) is 0. The van der Waals surface area contributed by atoms with Gasteiger partial charge in [0.05, 0.1) is 18.8 Å². The minimum absolute atomic E-state index is 0.0233. The summed E-state index contributed by atoms with van der Waals surface area (Å²) in [5, 5.41) is 23.5. The average molecular weight is 1090 g/mol. The molecule has 0 fully saturated rings. The Kier molecular flexibility index (Phi) is 68.6. The SMILES string of the molecule is CCCCCCC/C=C\C/C=C\C/C=C\CCCCCCCCCCCCCCCCCCCCC(=O)NC(CO)C(O)CCCCCCCCCCCCCCCCCCCCCCCCCCCCCCCCCCC. The molecule has 3 N–H and O–H groups in total. The van der Waals surface area contributed by atoms with Gasteiger partial charge in [-0.25, -0.2) is 0 Å². The Morgan fingerprint density at radius 3 is 0.782 bits per heavy atom. The summed E-state index contributed by atoms with van der Waals surface area (Å²) in [6, 6.07) is -0.537. The molecule has 0 bridgehead atoms. The van der Waals surface area contributed by atoms with Gasteiger partial charge in [0.1, 0.15) is 0 Å². The molecule has 2 unspecified atom stereocenters. The molecule has 0 radical (unpaired) electrons. The van der Waals surface area contributed by atoms with Crippen LogP contribution in [-0.2, 0) is 4.79 Å². The first-order chi connectivity index (χ1) is 38.7. The molecule has 0 saturated carbocycles. The molecule has 0 aliphatic heterocycles. The molecule has 0 aromatic rings. The summed E-state index contributed by atoms with van der Waals surface area (Å²) in [4.78, 5) is 12.6. The van der Waals surface area contributed by atoms with E-state index >= 15 is 0 Å². The molecule has 0 saturated heterocycles. The third-order valence-corrected chi connectivity index (χ3v) is 17.2. The van der Waals surface area contributed by atoms with E-state index in [1.807, 2.05) is 0 Å². The van der Waals surface area contributed by atoms with Gasteiger partial charge in [-0.1, -0.05) is 391 Å². The molecular weight excluding hydrogens is 951 g/mol. The summed E-state index contributed by atoms with van der Waals surface area (Å²) in [6.45, 7) is 4.39. The third-order valence-electron chi connectivity index (χ3n) is 17.2. The Bertz CT molecular complexity index is 1190. The van der Waals surface area contributed by atoms with Gasteiger partial charge in [-0.3, -0.25) is 4.79 Å². The van der Waals surface area contributed by atoms with Crippen LogP contribution < -0.4 is 5.32 Å². The number of aliphatic hydroxyl groups is 2. The minimum Gasteiger partial charge on any atom is -0.394 e. The summed E-state index contributed by atoms with van der Waals surface area (Å²) in [5.41, 5.74) is 0. The average Bonchev–Trinajstić information content (AvgIpc) is 3.44. The molecule has 4 heteroatoms. The highest BCUT2D eigenvalue weighted by molar-refractivity contribution is 5.76. The van der Waals surface area contributed by atoms with Crippen LogP contribution in [0.15, 0.2) is 36.5 Å². The lowest BCUT2D eigenvalue weighted by Crippen LogP contribution is -2.45. The van der Waals surface area contributed by atoms with Crippen molar-refractivity contribution in [3.63, 3.8) is 0 Å². The Labute approximate surface area is 491 Å². The summed E-state index contributed by atoms with van der Waals surface area (Å²) in [5.74, 6) is -0.0233. The molecule has 0 aliphatic rings. The fourth-order valence-electron chi connectivity index (χ4n) is 11.7. The summed E-state index contributed by atoms with van der Waals surface area (Å²) >= 11 is 0. The predicted molar refractivity (Wildman–Crippen MR) is 350 cm³/mol. The molecule has 0 rings (SSSR count). The molecule has 2 atom stereocenters. The van der Waals surface area contributed by atoms with Crippen LogP contribution in [0.3, 0.4) is 0 Å². The van der Waals surface area contributed by atoms with Crippen molar-refractivity contribution < 1.29 is 15.0 Å². The molecule has 0 heterocycles. The quantitative estimate of drug-likeness (QED) is 0.0420. The molecule has 0 aromatic carbocycles. The molecule has 462 valence electrons. The highest BCUT2D eigenvalue weighted by atomic mass is 16.3. The monoisotopic (exact) mass is 1090 g/mol. The number of unbranched alkanes of at least 4 members (excludes halogenated alkanes) is 55. The Morgan fingerprint density at radius 1 is 0.308 bits per heavy atom. The van der Waals surface area contributed by atoms with E-state index in [1.165, 1.54) is 347 Å². The normalized spacial score (nSPS) is 12.8. The zero-order valence-electron chi connectivity index (χ0n) is 53.5. The smallest absolute Gasteiger partial charge is 0.220 e. The van der Waals surface area contributed by atoms with Gasteiger partial charge in [0.25, 0.3) is 0 Å². The number of carbonyl (C=O) groups excluding carboxylic acids is 1. The standard InChI is InChI=1S/C74H143NO3/c1-3-5-7-9-11-13-15-17-19-21-23-25-27-29-31-33-35-37-39-41-43-45-47-49-51-53-55-57-59-61-63-65-67-69-73(77)72(71-76)75-74(78)70-68-66-64-62-60-58-56-54-52-50-48-46-44-42-40-38-36-34-32-30-28-26-24-22-20-18-16-14-12-10-8-6-4-2/h16,18,22,24,28,30,72-73,76-77H,3-15,17,19-21,23,25-27,29,31-71H2,1-2H3,(H,75,78)/b18-16-,24-22-,30-28-. The van der Waals surface area contributed by atoms with E-state index in [0.29, 0.717) is 12.8 Å².